The third-order valence-electron chi connectivity index (χ3n) is 2.58. The highest BCUT2D eigenvalue weighted by Gasteiger charge is 2.04. The average molecular weight is 277 g/mol. The molecule has 98 valence electrons. The second kappa shape index (κ2) is 5.63. The number of nitrogen functional groups attached to an aromatic ring is 1. The monoisotopic (exact) mass is 276 g/mol. The number of halogens is 1. The Bertz CT molecular complexity index is 614. The van der Waals surface area contributed by atoms with Crippen LogP contribution >= 0.6 is 11.6 Å². The number of hydrogen-bond donors (Lipinski definition) is 2. The maximum Gasteiger partial charge on any atom is 0.248 e. The van der Waals surface area contributed by atoms with E-state index < -0.39 is 5.91 Å². The van der Waals surface area contributed by atoms with Gasteiger partial charge in [-0.25, -0.2) is 0 Å². The van der Waals surface area contributed by atoms with Gasteiger partial charge in [0, 0.05) is 10.6 Å². The van der Waals surface area contributed by atoms with Crippen LogP contribution < -0.4 is 16.2 Å². The number of carbonyl (C=O) groups excluding carboxylic acids is 1. The zero-order valence-electron chi connectivity index (χ0n) is 10.1. The molecule has 0 fully saturated rings. The first-order valence-electron chi connectivity index (χ1n) is 5.63. The lowest BCUT2D eigenvalue weighted by Gasteiger charge is -2.09. The maximum atomic E-state index is 11.1. The fraction of sp³-hybridized carbons (Fsp3) is 0.0714. The smallest absolute Gasteiger partial charge is 0.248 e. The van der Waals surface area contributed by atoms with Gasteiger partial charge in [-0.05, 0) is 35.9 Å². The van der Waals surface area contributed by atoms with Gasteiger partial charge in [0.1, 0.15) is 12.4 Å². The van der Waals surface area contributed by atoms with Crippen LogP contribution in [0.3, 0.4) is 0 Å². The summed E-state index contributed by atoms with van der Waals surface area (Å²) in [5.74, 6) is 0.0849. The number of rotatable bonds is 4. The van der Waals surface area contributed by atoms with E-state index in [2.05, 4.69) is 0 Å². The second-order valence-corrected chi connectivity index (χ2v) is 4.47. The molecule has 4 N–H and O–H groups in total. The van der Waals surface area contributed by atoms with Gasteiger partial charge in [-0.2, -0.15) is 0 Å². The predicted octanol–water partition coefficient (Wildman–Crippen LogP) is 2.60. The first kappa shape index (κ1) is 13.2. The van der Waals surface area contributed by atoms with E-state index in [0.717, 1.165) is 5.56 Å². The number of benzene rings is 2. The molecule has 2 aromatic carbocycles. The van der Waals surface area contributed by atoms with Crippen molar-refractivity contribution >= 4 is 23.2 Å². The summed E-state index contributed by atoms with van der Waals surface area (Å²) in [6, 6.07) is 12.0. The number of amides is 1. The first-order chi connectivity index (χ1) is 9.06. The lowest BCUT2D eigenvalue weighted by atomic mass is 10.1. The van der Waals surface area contributed by atoms with E-state index in [-0.39, 0.29) is 0 Å². The van der Waals surface area contributed by atoms with Crippen LogP contribution in [0.1, 0.15) is 15.9 Å². The van der Waals surface area contributed by atoms with Crippen LogP contribution in [0.25, 0.3) is 0 Å². The number of carbonyl (C=O) groups is 1. The molecule has 0 saturated heterocycles. The Kier molecular flexibility index (Phi) is 3.92. The minimum absolute atomic E-state index is 0.299. The lowest BCUT2D eigenvalue weighted by Crippen LogP contribution is -2.11. The molecule has 0 unspecified atom stereocenters. The highest BCUT2D eigenvalue weighted by Crippen LogP contribution is 2.25. The molecule has 0 aromatic heterocycles. The summed E-state index contributed by atoms with van der Waals surface area (Å²) in [6.45, 7) is 0.299. The van der Waals surface area contributed by atoms with Gasteiger partial charge in [0.2, 0.25) is 5.91 Å². The molecule has 0 bridgehead atoms. The standard InChI is InChI=1S/C14H13ClN2O2/c15-11-4-5-13(12(16)7-11)19-8-9-2-1-3-10(6-9)14(17)18/h1-7H,8,16H2,(H2,17,18). The van der Waals surface area contributed by atoms with Crippen molar-refractivity contribution in [3.63, 3.8) is 0 Å². The highest BCUT2D eigenvalue weighted by atomic mass is 35.5. The zero-order chi connectivity index (χ0) is 13.8. The molecule has 5 heteroatoms. The van der Waals surface area contributed by atoms with Crippen molar-refractivity contribution < 1.29 is 9.53 Å². The largest absolute Gasteiger partial charge is 0.487 e. The zero-order valence-corrected chi connectivity index (χ0v) is 10.9. The quantitative estimate of drug-likeness (QED) is 0.843. The molecule has 0 atom stereocenters. The maximum absolute atomic E-state index is 11.1. The number of anilines is 1. The van der Waals surface area contributed by atoms with Crippen molar-refractivity contribution in [2.24, 2.45) is 5.73 Å². The fourth-order valence-corrected chi connectivity index (χ4v) is 1.81. The Labute approximate surface area is 115 Å². The Balaban J connectivity index is 2.10. The van der Waals surface area contributed by atoms with Gasteiger partial charge >= 0.3 is 0 Å². The Hall–Kier alpha value is -2.20. The molecule has 0 spiro atoms. The minimum atomic E-state index is -0.465. The Morgan fingerprint density at radius 2 is 2.00 bits per heavy atom. The van der Waals surface area contributed by atoms with Gasteiger partial charge in [-0.1, -0.05) is 23.7 Å². The summed E-state index contributed by atoms with van der Waals surface area (Å²) in [4.78, 5) is 11.1. The minimum Gasteiger partial charge on any atom is -0.487 e. The van der Waals surface area contributed by atoms with E-state index in [4.69, 9.17) is 27.8 Å². The molecule has 0 radical (unpaired) electrons. The summed E-state index contributed by atoms with van der Waals surface area (Å²) in [5.41, 5.74) is 12.8. The van der Waals surface area contributed by atoms with Gasteiger partial charge in [-0.3, -0.25) is 4.79 Å². The summed E-state index contributed by atoms with van der Waals surface area (Å²) < 4.78 is 5.58. The van der Waals surface area contributed by atoms with E-state index in [1.165, 1.54) is 0 Å². The van der Waals surface area contributed by atoms with E-state index in [9.17, 15) is 4.79 Å². The molecule has 4 nitrogen and oxygen atoms in total. The van der Waals surface area contributed by atoms with Crippen LogP contribution in [-0.2, 0) is 6.61 Å². The van der Waals surface area contributed by atoms with E-state index in [1.54, 1.807) is 36.4 Å². The van der Waals surface area contributed by atoms with Gasteiger partial charge in [0.25, 0.3) is 0 Å². The predicted molar refractivity (Wildman–Crippen MR) is 75.2 cm³/mol. The number of hydrogen-bond acceptors (Lipinski definition) is 3. The molecule has 0 aliphatic carbocycles. The molecule has 0 saturated carbocycles. The van der Waals surface area contributed by atoms with Gasteiger partial charge in [0.05, 0.1) is 5.69 Å². The van der Waals surface area contributed by atoms with E-state index >= 15 is 0 Å². The summed E-state index contributed by atoms with van der Waals surface area (Å²) >= 11 is 5.80. The van der Waals surface area contributed by atoms with Crippen molar-refractivity contribution in [3.05, 3.63) is 58.6 Å². The van der Waals surface area contributed by atoms with Crippen LogP contribution in [-0.4, -0.2) is 5.91 Å². The third-order valence-corrected chi connectivity index (χ3v) is 2.81. The molecule has 1 amide bonds. The van der Waals surface area contributed by atoms with Crippen molar-refractivity contribution in [3.8, 4) is 5.75 Å². The van der Waals surface area contributed by atoms with Gasteiger partial charge in [-0.15, -0.1) is 0 Å². The Morgan fingerprint density at radius 1 is 1.21 bits per heavy atom. The number of primary amides is 1. The van der Waals surface area contributed by atoms with Crippen molar-refractivity contribution in [1.29, 1.82) is 0 Å². The third kappa shape index (κ3) is 3.39. The molecule has 0 aliphatic rings. The van der Waals surface area contributed by atoms with E-state index in [1.807, 2.05) is 6.07 Å². The summed E-state index contributed by atoms with van der Waals surface area (Å²) in [6.07, 6.45) is 0. The fourth-order valence-electron chi connectivity index (χ4n) is 1.63. The topological polar surface area (TPSA) is 78.3 Å². The molecule has 2 rings (SSSR count). The summed E-state index contributed by atoms with van der Waals surface area (Å²) in [7, 11) is 0. The van der Waals surface area contributed by atoms with Crippen molar-refractivity contribution in [2.45, 2.75) is 6.61 Å². The molecular weight excluding hydrogens is 264 g/mol. The Morgan fingerprint density at radius 3 is 2.68 bits per heavy atom. The average Bonchev–Trinajstić information content (AvgIpc) is 2.38. The molecule has 2 aromatic rings. The first-order valence-corrected chi connectivity index (χ1v) is 6.00. The van der Waals surface area contributed by atoms with Crippen molar-refractivity contribution in [2.75, 3.05) is 5.73 Å². The van der Waals surface area contributed by atoms with Gasteiger partial charge in [0.15, 0.2) is 0 Å². The molecular formula is C14H13ClN2O2. The molecule has 0 aliphatic heterocycles. The number of nitrogens with two attached hydrogens (primary N) is 2. The van der Waals surface area contributed by atoms with Crippen molar-refractivity contribution in [1.82, 2.24) is 0 Å². The highest BCUT2D eigenvalue weighted by molar-refractivity contribution is 6.30. The molecule has 19 heavy (non-hydrogen) atoms. The van der Waals surface area contributed by atoms with Crippen LogP contribution in [0.5, 0.6) is 5.75 Å². The van der Waals surface area contributed by atoms with E-state index in [0.29, 0.717) is 28.6 Å². The van der Waals surface area contributed by atoms with Crippen LogP contribution in [0.15, 0.2) is 42.5 Å². The summed E-state index contributed by atoms with van der Waals surface area (Å²) in [5, 5.41) is 0.556. The number of ether oxygens (including phenoxy) is 1. The SMILES string of the molecule is NC(=O)c1cccc(COc2ccc(Cl)cc2N)c1. The normalized spacial score (nSPS) is 10.2. The van der Waals surface area contributed by atoms with Crippen LogP contribution in [0, 0.1) is 0 Å². The van der Waals surface area contributed by atoms with Gasteiger partial charge < -0.3 is 16.2 Å². The van der Waals surface area contributed by atoms with Crippen LogP contribution in [0.4, 0.5) is 5.69 Å². The lowest BCUT2D eigenvalue weighted by molar-refractivity contribution is 0.1000. The molecule has 0 heterocycles. The second-order valence-electron chi connectivity index (χ2n) is 4.04. The van der Waals surface area contributed by atoms with Crippen LogP contribution in [0.2, 0.25) is 5.02 Å².